The molecule has 7 heteroatoms. The molecule has 0 saturated heterocycles. The summed E-state index contributed by atoms with van der Waals surface area (Å²) in [6.45, 7) is 3.59. The number of amides is 2. The van der Waals surface area contributed by atoms with Crippen LogP contribution < -0.4 is 5.32 Å². The number of hydrogen-bond acceptors (Lipinski definition) is 4. The average molecular weight is 493 g/mol. The molecule has 35 heavy (non-hydrogen) atoms. The number of hydrogen-bond donors (Lipinski definition) is 1. The summed E-state index contributed by atoms with van der Waals surface area (Å²) in [5.41, 5.74) is 3.42. The van der Waals surface area contributed by atoms with Crippen molar-refractivity contribution in [3.8, 4) is 0 Å². The highest BCUT2D eigenvalue weighted by molar-refractivity contribution is 7.92. The molecule has 0 aromatic heterocycles. The molecule has 0 fully saturated rings. The Kier molecular flexibility index (Phi) is 9.20. The van der Waals surface area contributed by atoms with E-state index in [-0.39, 0.29) is 18.2 Å². The maximum absolute atomic E-state index is 13.4. The lowest BCUT2D eigenvalue weighted by molar-refractivity contribution is -0.131. The van der Waals surface area contributed by atoms with Gasteiger partial charge in [0.2, 0.25) is 11.8 Å². The third-order valence-corrected chi connectivity index (χ3v) is 7.38. The Morgan fingerprint density at radius 1 is 0.886 bits per heavy atom. The highest BCUT2D eigenvalue weighted by Gasteiger charge is 2.26. The van der Waals surface area contributed by atoms with Gasteiger partial charge < -0.3 is 10.2 Å². The van der Waals surface area contributed by atoms with Crippen molar-refractivity contribution in [3.63, 3.8) is 0 Å². The van der Waals surface area contributed by atoms with Crippen LogP contribution in [0.25, 0.3) is 0 Å². The van der Waals surface area contributed by atoms with Gasteiger partial charge in [0.05, 0.1) is 11.8 Å². The van der Waals surface area contributed by atoms with E-state index in [2.05, 4.69) is 5.32 Å². The van der Waals surface area contributed by atoms with Crippen LogP contribution in [-0.4, -0.2) is 36.6 Å². The summed E-state index contributed by atoms with van der Waals surface area (Å²) in [5, 5.41) is 2.75. The highest BCUT2D eigenvalue weighted by atomic mass is 32.2. The van der Waals surface area contributed by atoms with E-state index < -0.39 is 27.5 Å². The Bertz CT molecular complexity index is 1230. The summed E-state index contributed by atoms with van der Waals surface area (Å²) in [6.07, 6.45) is 1.11. The first-order chi connectivity index (χ1) is 16.7. The minimum absolute atomic E-state index is 0.0425. The molecule has 0 aliphatic carbocycles. The van der Waals surface area contributed by atoms with Crippen LogP contribution in [0.2, 0.25) is 0 Å². The van der Waals surface area contributed by atoms with Gasteiger partial charge in [0.15, 0.2) is 9.84 Å². The molecule has 184 valence electrons. The SMILES string of the molecule is CC(=O)Nc1cccc(C(C)N(Cc2ccccc2)C(=O)CS(=O)(=O)CCCc2ccccc2)c1. The van der Waals surface area contributed by atoms with Crippen molar-refractivity contribution in [3.05, 3.63) is 102 Å². The van der Waals surface area contributed by atoms with E-state index in [1.165, 1.54) is 6.92 Å². The van der Waals surface area contributed by atoms with E-state index in [4.69, 9.17) is 0 Å². The zero-order valence-electron chi connectivity index (χ0n) is 20.2. The number of rotatable bonds is 11. The Labute approximate surface area is 207 Å². The number of nitrogens with one attached hydrogen (secondary N) is 1. The van der Waals surface area contributed by atoms with Crippen molar-refractivity contribution in [2.24, 2.45) is 0 Å². The lowest BCUT2D eigenvalue weighted by atomic mass is 10.0. The second kappa shape index (κ2) is 12.3. The van der Waals surface area contributed by atoms with Gasteiger partial charge in [0.25, 0.3) is 0 Å². The van der Waals surface area contributed by atoms with Gasteiger partial charge in [-0.05, 0) is 48.6 Å². The summed E-state index contributed by atoms with van der Waals surface area (Å²) in [5.74, 6) is -1.21. The van der Waals surface area contributed by atoms with Crippen LogP contribution in [0.4, 0.5) is 5.69 Å². The predicted octanol–water partition coefficient (Wildman–Crippen LogP) is 4.78. The smallest absolute Gasteiger partial charge is 0.238 e. The van der Waals surface area contributed by atoms with Gasteiger partial charge in [0, 0.05) is 19.2 Å². The molecule has 0 aliphatic heterocycles. The Morgan fingerprint density at radius 2 is 1.51 bits per heavy atom. The van der Waals surface area contributed by atoms with Gasteiger partial charge >= 0.3 is 0 Å². The molecule has 0 saturated carbocycles. The molecule has 3 rings (SSSR count). The van der Waals surface area contributed by atoms with Crippen molar-refractivity contribution >= 4 is 27.3 Å². The van der Waals surface area contributed by atoms with Crippen LogP contribution in [-0.2, 0) is 32.4 Å². The summed E-state index contributed by atoms with van der Waals surface area (Å²) in [7, 11) is -3.58. The number of benzene rings is 3. The fourth-order valence-electron chi connectivity index (χ4n) is 3.96. The van der Waals surface area contributed by atoms with Gasteiger partial charge in [-0.2, -0.15) is 0 Å². The molecular formula is C28H32N2O4S. The van der Waals surface area contributed by atoms with Crippen molar-refractivity contribution in [1.29, 1.82) is 0 Å². The molecule has 3 aromatic carbocycles. The first-order valence-corrected chi connectivity index (χ1v) is 13.5. The zero-order valence-corrected chi connectivity index (χ0v) is 21.0. The largest absolute Gasteiger partial charge is 0.331 e. The zero-order chi connectivity index (χ0) is 25.3. The number of aryl methyl sites for hydroxylation is 1. The second-order valence-corrected chi connectivity index (χ2v) is 10.9. The van der Waals surface area contributed by atoms with E-state index in [1.807, 2.05) is 85.8 Å². The van der Waals surface area contributed by atoms with Gasteiger partial charge in [-0.1, -0.05) is 72.8 Å². The van der Waals surface area contributed by atoms with Crippen LogP contribution >= 0.6 is 0 Å². The Balaban J connectivity index is 1.75. The molecule has 0 heterocycles. The lowest BCUT2D eigenvalue weighted by Gasteiger charge is -2.30. The minimum atomic E-state index is -3.58. The third kappa shape index (κ3) is 8.37. The summed E-state index contributed by atoms with van der Waals surface area (Å²) >= 11 is 0. The maximum atomic E-state index is 13.4. The highest BCUT2D eigenvalue weighted by Crippen LogP contribution is 2.25. The van der Waals surface area contributed by atoms with Crippen LogP contribution in [0.1, 0.15) is 43.0 Å². The fourth-order valence-corrected chi connectivity index (χ4v) is 5.24. The first kappa shape index (κ1) is 26.2. The van der Waals surface area contributed by atoms with Crippen molar-refractivity contribution < 1.29 is 18.0 Å². The van der Waals surface area contributed by atoms with Crippen LogP contribution in [0.3, 0.4) is 0 Å². The van der Waals surface area contributed by atoms with Crippen molar-refractivity contribution in [2.45, 2.75) is 39.3 Å². The average Bonchev–Trinajstić information content (AvgIpc) is 2.83. The number of carbonyl (C=O) groups excluding carboxylic acids is 2. The normalized spacial score (nSPS) is 12.1. The van der Waals surface area contributed by atoms with Gasteiger partial charge in [-0.15, -0.1) is 0 Å². The summed E-state index contributed by atoms with van der Waals surface area (Å²) in [4.78, 5) is 26.4. The van der Waals surface area contributed by atoms with Crippen molar-refractivity contribution in [2.75, 3.05) is 16.8 Å². The molecule has 0 bridgehead atoms. The number of sulfone groups is 1. The number of nitrogens with zero attached hydrogens (tertiary/aromatic N) is 1. The molecule has 0 spiro atoms. The molecule has 0 radical (unpaired) electrons. The van der Waals surface area contributed by atoms with E-state index in [0.29, 0.717) is 18.5 Å². The van der Waals surface area contributed by atoms with Crippen LogP contribution in [0.5, 0.6) is 0 Å². The molecule has 2 amide bonds. The van der Waals surface area contributed by atoms with Crippen molar-refractivity contribution in [1.82, 2.24) is 4.90 Å². The number of anilines is 1. The fraction of sp³-hybridized carbons (Fsp3) is 0.286. The summed E-state index contributed by atoms with van der Waals surface area (Å²) in [6, 6.07) is 26.1. The van der Waals surface area contributed by atoms with E-state index in [0.717, 1.165) is 16.7 Å². The monoisotopic (exact) mass is 492 g/mol. The van der Waals surface area contributed by atoms with Crippen LogP contribution in [0, 0.1) is 0 Å². The van der Waals surface area contributed by atoms with Gasteiger partial charge in [-0.3, -0.25) is 9.59 Å². The summed E-state index contributed by atoms with van der Waals surface area (Å²) < 4.78 is 25.7. The standard InChI is InChI=1S/C28H32N2O4S/c1-22(26-16-9-17-27(19-26)29-23(2)31)30(20-25-13-7-4-8-14-25)28(32)21-35(33,34)18-10-15-24-11-5-3-6-12-24/h3-9,11-14,16-17,19,22H,10,15,18,20-21H2,1-2H3,(H,29,31). The lowest BCUT2D eigenvalue weighted by Crippen LogP contribution is -2.38. The molecule has 1 N–H and O–H groups in total. The van der Waals surface area contributed by atoms with Gasteiger partial charge in [-0.25, -0.2) is 8.42 Å². The van der Waals surface area contributed by atoms with E-state index >= 15 is 0 Å². The topological polar surface area (TPSA) is 83.6 Å². The Morgan fingerprint density at radius 3 is 2.14 bits per heavy atom. The predicted molar refractivity (Wildman–Crippen MR) is 140 cm³/mol. The molecule has 1 atom stereocenters. The molecule has 6 nitrogen and oxygen atoms in total. The minimum Gasteiger partial charge on any atom is -0.331 e. The van der Waals surface area contributed by atoms with E-state index in [1.54, 1.807) is 11.0 Å². The molecular weight excluding hydrogens is 460 g/mol. The molecule has 1 unspecified atom stereocenters. The molecule has 3 aromatic rings. The van der Waals surface area contributed by atoms with Crippen LogP contribution in [0.15, 0.2) is 84.9 Å². The quantitative estimate of drug-likeness (QED) is 0.417. The first-order valence-electron chi connectivity index (χ1n) is 11.7. The Hall–Kier alpha value is -3.45. The van der Waals surface area contributed by atoms with E-state index in [9.17, 15) is 18.0 Å². The number of carbonyl (C=O) groups is 2. The maximum Gasteiger partial charge on any atom is 0.238 e. The van der Waals surface area contributed by atoms with Gasteiger partial charge in [0.1, 0.15) is 5.75 Å². The third-order valence-electron chi connectivity index (χ3n) is 5.78. The molecule has 0 aliphatic rings. The second-order valence-electron chi connectivity index (χ2n) is 8.67.